The number of anilines is 1. The fourth-order valence-corrected chi connectivity index (χ4v) is 2.32. The number of nitrogens with zero attached hydrogens (tertiary/aromatic N) is 5. The molecule has 3 aromatic rings. The summed E-state index contributed by atoms with van der Waals surface area (Å²) in [6, 6.07) is 11.3. The van der Waals surface area contributed by atoms with Crippen molar-refractivity contribution >= 4 is 23.4 Å². The van der Waals surface area contributed by atoms with Crippen LogP contribution in [-0.4, -0.2) is 31.0 Å². The molecule has 1 amide bonds. The Morgan fingerprint density at radius 1 is 1.23 bits per heavy atom. The third-order valence-electron chi connectivity index (χ3n) is 3.59. The normalized spacial score (nSPS) is 10.8. The van der Waals surface area contributed by atoms with Gasteiger partial charge in [0.25, 0.3) is 5.69 Å². The maximum Gasteiger partial charge on any atom is 0.269 e. The number of tetrazole rings is 1. The standard InChI is InChI=1S/C17H14N6O3/c1-12-10-14(5-8-16(12)22-11-18-20-21-22)19-17(24)9-4-13-2-6-15(7-3-13)23(25)26/h2-11H,1H3,(H,19,24)/b9-4+. The van der Waals surface area contributed by atoms with E-state index in [4.69, 9.17) is 0 Å². The first kappa shape index (κ1) is 17.0. The summed E-state index contributed by atoms with van der Waals surface area (Å²) in [5.74, 6) is -0.307. The lowest BCUT2D eigenvalue weighted by atomic mass is 10.1. The van der Waals surface area contributed by atoms with Gasteiger partial charge in [0.05, 0.1) is 10.6 Å². The molecule has 0 atom stereocenters. The summed E-state index contributed by atoms with van der Waals surface area (Å²) in [6.07, 6.45) is 4.45. The van der Waals surface area contributed by atoms with E-state index < -0.39 is 4.92 Å². The van der Waals surface area contributed by atoms with E-state index >= 15 is 0 Å². The monoisotopic (exact) mass is 350 g/mol. The summed E-state index contributed by atoms with van der Waals surface area (Å²) in [4.78, 5) is 22.2. The molecule has 2 aromatic carbocycles. The van der Waals surface area contributed by atoms with E-state index in [0.29, 0.717) is 11.3 Å². The first-order valence-corrected chi connectivity index (χ1v) is 7.60. The number of aryl methyl sites for hydroxylation is 1. The molecule has 0 bridgehead atoms. The fourth-order valence-electron chi connectivity index (χ4n) is 2.32. The third-order valence-corrected chi connectivity index (χ3v) is 3.59. The van der Waals surface area contributed by atoms with E-state index in [0.717, 1.165) is 11.3 Å². The number of rotatable bonds is 5. The SMILES string of the molecule is Cc1cc(NC(=O)/C=C/c2ccc([N+](=O)[O-])cc2)ccc1-n1cnnn1. The van der Waals surface area contributed by atoms with E-state index in [2.05, 4.69) is 20.8 Å². The van der Waals surface area contributed by atoms with Crippen LogP contribution in [-0.2, 0) is 4.79 Å². The molecule has 0 radical (unpaired) electrons. The highest BCUT2D eigenvalue weighted by Gasteiger charge is 2.06. The topological polar surface area (TPSA) is 116 Å². The lowest BCUT2D eigenvalue weighted by Gasteiger charge is -2.08. The van der Waals surface area contributed by atoms with Crippen molar-refractivity contribution in [2.24, 2.45) is 0 Å². The van der Waals surface area contributed by atoms with Gasteiger partial charge in [-0.15, -0.1) is 5.10 Å². The van der Waals surface area contributed by atoms with E-state index in [1.54, 1.807) is 30.3 Å². The molecule has 26 heavy (non-hydrogen) atoms. The van der Waals surface area contributed by atoms with E-state index in [-0.39, 0.29) is 11.6 Å². The highest BCUT2D eigenvalue weighted by molar-refractivity contribution is 6.02. The smallest absolute Gasteiger partial charge is 0.269 e. The predicted molar refractivity (Wildman–Crippen MR) is 94.7 cm³/mol. The second-order valence-electron chi connectivity index (χ2n) is 5.43. The average molecular weight is 350 g/mol. The quantitative estimate of drug-likeness (QED) is 0.429. The van der Waals surface area contributed by atoms with Crippen molar-refractivity contribution in [2.45, 2.75) is 6.92 Å². The van der Waals surface area contributed by atoms with Gasteiger partial charge in [-0.1, -0.05) is 0 Å². The maximum absolute atomic E-state index is 12.0. The van der Waals surface area contributed by atoms with Crippen LogP contribution in [0.15, 0.2) is 54.9 Å². The van der Waals surface area contributed by atoms with Crippen LogP contribution in [0.4, 0.5) is 11.4 Å². The molecule has 9 nitrogen and oxygen atoms in total. The molecule has 130 valence electrons. The highest BCUT2D eigenvalue weighted by Crippen LogP contribution is 2.18. The molecule has 0 aliphatic rings. The zero-order valence-corrected chi connectivity index (χ0v) is 13.7. The largest absolute Gasteiger partial charge is 0.323 e. The number of benzene rings is 2. The minimum Gasteiger partial charge on any atom is -0.323 e. The van der Waals surface area contributed by atoms with E-state index in [9.17, 15) is 14.9 Å². The first-order valence-electron chi connectivity index (χ1n) is 7.60. The molecule has 1 heterocycles. The molecule has 0 saturated carbocycles. The van der Waals surface area contributed by atoms with Gasteiger partial charge in [0.15, 0.2) is 0 Å². The molecule has 9 heteroatoms. The second-order valence-corrected chi connectivity index (χ2v) is 5.43. The number of nitro groups is 1. The van der Waals surface area contributed by atoms with Crippen LogP contribution >= 0.6 is 0 Å². The number of carbonyl (C=O) groups excluding carboxylic acids is 1. The number of non-ortho nitro benzene ring substituents is 1. The number of hydrogen-bond donors (Lipinski definition) is 1. The Balaban J connectivity index is 1.66. The van der Waals surface area contributed by atoms with Crippen LogP contribution in [0, 0.1) is 17.0 Å². The van der Waals surface area contributed by atoms with Crippen molar-refractivity contribution in [3.63, 3.8) is 0 Å². The van der Waals surface area contributed by atoms with Gasteiger partial charge < -0.3 is 5.32 Å². The van der Waals surface area contributed by atoms with Crippen molar-refractivity contribution in [2.75, 3.05) is 5.32 Å². The number of amides is 1. The summed E-state index contributed by atoms with van der Waals surface area (Å²) in [7, 11) is 0. The maximum atomic E-state index is 12.0. The lowest BCUT2D eigenvalue weighted by molar-refractivity contribution is -0.384. The van der Waals surface area contributed by atoms with Crippen molar-refractivity contribution in [1.29, 1.82) is 0 Å². The Hall–Kier alpha value is -3.88. The van der Waals surface area contributed by atoms with Crippen molar-refractivity contribution in [1.82, 2.24) is 20.2 Å². The Kier molecular flexibility index (Phi) is 4.79. The van der Waals surface area contributed by atoms with Gasteiger partial charge in [0.2, 0.25) is 5.91 Å². The molecule has 3 rings (SSSR count). The Labute approximate surface area is 148 Å². The van der Waals surface area contributed by atoms with Gasteiger partial charge in [-0.2, -0.15) is 0 Å². The summed E-state index contributed by atoms with van der Waals surface area (Å²) in [5, 5.41) is 24.4. The molecule has 0 aliphatic heterocycles. The van der Waals surface area contributed by atoms with Gasteiger partial charge in [0.1, 0.15) is 6.33 Å². The first-order chi connectivity index (χ1) is 12.5. The number of nitrogens with one attached hydrogen (secondary N) is 1. The van der Waals surface area contributed by atoms with E-state index in [1.807, 2.05) is 13.0 Å². The Morgan fingerprint density at radius 2 is 2.00 bits per heavy atom. The molecule has 0 spiro atoms. The summed E-state index contributed by atoms with van der Waals surface area (Å²) in [6.45, 7) is 1.89. The van der Waals surface area contributed by atoms with Crippen LogP contribution in [0.5, 0.6) is 0 Å². The third kappa shape index (κ3) is 3.96. The summed E-state index contributed by atoms with van der Waals surface area (Å²) in [5.41, 5.74) is 3.04. The average Bonchev–Trinajstić information content (AvgIpc) is 3.15. The lowest BCUT2D eigenvalue weighted by Crippen LogP contribution is -2.08. The number of nitro benzene ring substituents is 1. The minimum absolute atomic E-state index is 0.00440. The summed E-state index contributed by atoms with van der Waals surface area (Å²) < 4.78 is 1.54. The van der Waals surface area contributed by atoms with Crippen molar-refractivity contribution in [3.8, 4) is 5.69 Å². The van der Waals surface area contributed by atoms with Gasteiger partial charge in [-0.3, -0.25) is 14.9 Å². The van der Waals surface area contributed by atoms with Gasteiger partial charge in [-0.05, 0) is 64.9 Å². The Bertz CT molecular complexity index is 965. The predicted octanol–water partition coefficient (Wildman–Crippen LogP) is 2.53. The molecule has 0 aliphatic carbocycles. The Morgan fingerprint density at radius 3 is 2.62 bits per heavy atom. The van der Waals surface area contributed by atoms with Crippen LogP contribution < -0.4 is 5.32 Å². The molecule has 0 saturated heterocycles. The molecule has 1 aromatic heterocycles. The van der Waals surface area contributed by atoms with Crippen molar-refractivity contribution < 1.29 is 9.72 Å². The van der Waals surface area contributed by atoms with Crippen molar-refractivity contribution in [3.05, 3.63) is 76.1 Å². The van der Waals surface area contributed by atoms with E-state index in [1.165, 1.54) is 29.2 Å². The molecule has 0 fully saturated rings. The summed E-state index contributed by atoms with van der Waals surface area (Å²) >= 11 is 0. The molecular weight excluding hydrogens is 336 g/mol. The number of hydrogen-bond acceptors (Lipinski definition) is 6. The highest BCUT2D eigenvalue weighted by atomic mass is 16.6. The molecular formula is C17H14N6O3. The van der Waals surface area contributed by atoms with Crippen LogP contribution in [0.2, 0.25) is 0 Å². The van der Waals surface area contributed by atoms with Gasteiger partial charge in [-0.25, -0.2) is 4.68 Å². The molecule has 1 N–H and O–H groups in total. The second kappa shape index (κ2) is 7.34. The molecule has 0 unspecified atom stereocenters. The van der Waals surface area contributed by atoms with Gasteiger partial charge in [0, 0.05) is 23.9 Å². The number of carbonyl (C=O) groups is 1. The zero-order valence-electron chi connectivity index (χ0n) is 13.7. The number of aromatic nitrogens is 4. The van der Waals surface area contributed by atoms with Crippen LogP contribution in [0.1, 0.15) is 11.1 Å². The van der Waals surface area contributed by atoms with Crippen LogP contribution in [0.3, 0.4) is 0 Å². The fraction of sp³-hybridized carbons (Fsp3) is 0.0588. The van der Waals surface area contributed by atoms with Crippen LogP contribution in [0.25, 0.3) is 11.8 Å². The van der Waals surface area contributed by atoms with Gasteiger partial charge >= 0.3 is 0 Å². The minimum atomic E-state index is -0.471. The zero-order chi connectivity index (χ0) is 18.5.